The van der Waals surface area contributed by atoms with Gasteiger partial charge in [0.15, 0.2) is 0 Å². The van der Waals surface area contributed by atoms with Gasteiger partial charge in [-0.05, 0) is 25.1 Å². The Balaban J connectivity index is 2.98. The zero-order valence-electron chi connectivity index (χ0n) is 10.0. The molecule has 0 aliphatic carbocycles. The second-order valence-electron chi connectivity index (χ2n) is 3.81. The van der Waals surface area contributed by atoms with Crippen molar-refractivity contribution in [2.24, 2.45) is 0 Å². The molecular weight excluding hydrogens is 261 g/mol. The Bertz CT molecular complexity index is 407. The van der Waals surface area contributed by atoms with Crippen molar-refractivity contribution in [1.82, 2.24) is 4.90 Å². The highest BCUT2D eigenvalue weighted by Gasteiger charge is 2.18. The quantitative estimate of drug-likeness (QED) is 0.791. The number of carbonyl (C=O) groups is 1. The molecule has 0 fully saturated rings. The summed E-state index contributed by atoms with van der Waals surface area (Å²) in [6.45, 7) is 2.30. The molecule has 1 aromatic rings. The lowest BCUT2D eigenvalue weighted by Gasteiger charge is -2.19. The molecule has 17 heavy (non-hydrogen) atoms. The first-order valence-corrected chi connectivity index (χ1v) is 6.00. The van der Waals surface area contributed by atoms with Crippen LogP contribution in [0.1, 0.15) is 17.3 Å². The van der Waals surface area contributed by atoms with Gasteiger partial charge in [-0.3, -0.25) is 4.79 Å². The molecule has 1 rings (SSSR count). The van der Waals surface area contributed by atoms with Crippen LogP contribution in [0.4, 0.5) is 0 Å². The number of carbonyl (C=O) groups excluding carboxylic acids is 1. The molecule has 0 heterocycles. The molecule has 0 bridgehead atoms. The van der Waals surface area contributed by atoms with Gasteiger partial charge in [-0.25, -0.2) is 0 Å². The Labute approximate surface area is 111 Å². The second kappa shape index (κ2) is 6.12. The predicted octanol–water partition coefficient (Wildman–Crippen LogP) is 3.05. The number of rotatable bonds is 4. The summed E-state index contributed by atoms with van der Waals surface area (Å²) in [5.41, 5.74) is 0.444. The van der Waals surface area contributed by atoms with Crippen molar-refractivity contribution in [3.63, 3.8) is 0 Å². The van der Waals surface area contributed by atoms with Crippen LogP contribution in [0.3, 0.4) is 0 Å². The third kappa shape index (κ3) is 3.79. The third-order valence-electron chi connectivity index (χ3n) is 2.26. The lowest BCUT2D eigenvalue weighted by Crippen LogP contribution is -2.31. The van der Waals surface area contributed by atoms with E-state index in [9.17, 15) is 4.79 Å². The fourth-order valence-corrected chi connectivity index (χ4v) is 1.89. The minimum Gasteiger partial charge on any atom is -0.496 e. The number of halogens is 2. The maximum Gasteiger partial charge on any atom is 0.257 e. The molecule has 0 N–H and O–H groups in total. The summed E-state index contributed by atoms with van der Waals surface area (Å²) >= 11 is 11.7. The number of ether oxygens (including phenoxy) is 1. The average molecular weight is 276 g/mol. The fourth-order valence-electron chi connectivity index (χ4n) is 1.51. The number of benzene rings is 1. The van der Waals surface area contributed by atoms with Gasteiger partial charge >= 0.3 is 0 Å². The van der Waals surface area contributed by atoms with Gasteiger partial charge in [0.05, 0.1) is 12.7 Å². The van der Waals surface area contributed by atoms with Crippen LogP contribution in [0.15, 0.2) is 18.2 Å². The minimum absolute atomic E-state index is 0.103. The second-order valence-corrected chi connectivity index (χ2v) is 4.99. The molecule has 1 unspecified atom stereocenters. The monoisotopic (exact) mass is 275 g/mol. The number of nitrogens with zero attached hydrogens (tertiary/aromatic N) is 1. The van der Waals surface area contributed by atoms with Crippen molar-refractivity contribution >= 4 is 29.1 Å². The smallest absolute Gasteiger partial charge is 0.257 e. The van der Waals surface area contributed by atoms with Gasteiger partial charge in [0.2, 0.25) is 0 Å². The summed E-state index contributed by atoms with van der Waals surface area (Å²) in [5, 5.41) is 0.399. The number of alkyl halides is 1. The zero-order chi connectivity index (χ0) is 13.0. The molecule has 1 amide bonds. The van der Waals surface area contributed by atoms with E-state index in [1.165, 1.54) is 7.11 Å². The molecular formula is C12H15Cl2NO2. The lowest BCUT2D eigenvalue weighted by atomic mass is 10.1. The van der Waals surface area contributed by atoms with Crippen molar-refractivity contribution in [2.45, 2.75) is 12.3 Å². The van der Waals surface area contributed by atoms with Crippen LogP contribution in [0, 0.1) is 0 Å². The van der Waals surface area contributed by atoms with E-state index in [0.29, 0.717) is 22.9 Å². The Morgan fingerprint density at radius 2 is 2.18 bits per heavy atom. The molecule has 94 valence electrons. The normalized spacial score (nSPS) is 12.1. The van der Waals surface area contributed by atoms with E-state index in [1.54, 1.807) is 30.1 Å². The van der Waals surface area contributed by atoms with Gasteiger partial charge in [0.25, 0.3) is 5.91 Å². The molecule has 1 aromatic carbocycles. The molecule has 0 saturated carbocycles. The number of hydrogen-bond donors (Lipinski definition) is 0. The third-order valence-corrected chi connectivity index (χ3v) is 2.64. The largest absolute Gasteiger partial charge is 0.496 e. The van der Waals surface area contributed by atoms with Gasteiger partial charge in [-0.2, -0.15) is 0 Å². The van der Waals surface area contributed by atoms with Gasteiger partial charge in [-0.15, -0.1) is 11.6 Å². The van der Waals surface area contributed by atoms with Crippen LogP contribution in [-0.2, 0) is 0 Å². The summed E-state index contributed by atoms with van der Waals surface area (Å²) in [7, 11) is 3.21. The van der Waals surface area contributed by atoms with E-state index in [4.69, 9.17) is 27.9 Å². The molecule has 0 radical (unpaired) electrons. The van der Waals surface area contributed by atoms with E-state index >= 15 is 0 Å². The predicted molar refractivity (Wildman–Crippen MR) is 70.3 cm³/mol. The van der Waals surface area contributed by atoms with E-state index in [0.717, 1.165) is 0 Å². The van der Waals surface area contributed by atoms with Crippen LogP contribution in [0.25, 0.3) is 0 Å². The minimum atomic E-state index is -0.156. The topological polar surface area (TPSA) is 29.5 Å². The van der Waals surface area contributed by atoms with Crippen molar-refractivity contribution < 1.29 is 9.53 Å². The molecule has 0 aliphatic rings. The molecule has 0 saturated heterocycles. The number of amides is 1. The van der Waals surface area contributed by atoms with E-state index in [-0.39, 0.29) is 11.3 Å². The summed E-state index contributed by atoms with van der Waals surface area (Å²) in [5.74, 6) is 0.352. The standard InChI is InChI=1S/C12H15Cl2NO2/c1-8(13)7-15(2)12(16)10-6-9(14)4-5-11(10)17-3/h4-6,8H,7H2,1-3H3. The van der Waals surface area contributed by atoms with Crippen molar-refractivity contribution in [3.8, 4) is 5.75 Å². The first-order valence-electron chi connectivity index (χ1n) is 5.18. The number of methoxy groups -OCH3 is 1. The van der Waals surface area contributed by atoms with Gasteiger partial charge in [-0.1, -0.05) is 11.6 Å². The molecule has 0 spiro atoms. The van der Waals surface area contributed by atoms with Crippen molar-refractivity contribution in [2.75, 3.05) is 20.7 Å². The van der Waals surface area contributed by atoms with Gasteiger partial charge < -0.3 is 9.64 Å². The lowest BCUT2D eigenvalue weighted by molar-refractivity contribution is 0.0793. The molecule has 5 heteroatoms. The van der Waals surface area contributed by atoms with Crippen LogP contribution in [-0.4, -0.2) is 36.9 Å². The van der Waals surface area contributed by atoms with Crippen LogP contribution in [0.2, 0.25) is 5.02 Å². The number of hydrogen-bond acceptors (Lipinski definition) is 2. The Hall–Kier alpha value is -0.930. The maximum atomic E-state index is 12.1. The zero-order valence-corrected chi connectivity index (χ0v) is 11.5. The van der Waals surface area contributed by atoms with E-state index in [1.807, 2.05) is 6.92 Å². The fraction of sp³-hybridized carbons (Fsp3) is 0.417. The molecule has 3 nitrogen and oxygen atoms in total. The molecule has 0 aliphatic heterocycles. The molecule has 0 aromatic heterocycles. The summed E-state index contributed by atoms with van der Waals surface area (Å²) < 4.78 is 5.14. The maximum absolute atomic E-state index is 12.1. The Kier molecular flexibility index (Phi) is 5.09. The Morgan fingerprint density at radius 3 is 2.71 bits per heavy atom. The van der Waals surface area contributed by atoms with E-state index in [2.05, 4.69) is 0 Å². The molecule has 1 atom stereocenters. The van der Waals surface area contributed by atoms with Gasteiger partial charge in [0.1, 0.15) is 5.75 Å². The SMILES string of the molecule is COc1ccc(Cl)cc1C(=O)N(C)CC(C)Cl. The summed E-state index contributed by atoms with van der Waals surface area (Å²) in [6, 6.07) is 4.95. The highest BCUT2D eigenvalue weighted by Crippen LogP contribution is 2.23. The summed E-state index contributed by atoms with van der Waals surface area (Å²) in [6.07, 6.45) is 0. The van der Waals surface area contributed by atoms with Crippen molar-refractivity contribution in [1.29, 1.82) is 0 Å². The van der Waals surface area contributed by atoms with Crippen LogP contribution < -0.4 is 4.74 Å². The first kappa shape index (κ1) is 14.1. The Morgan fingerprint density at radius 1 is 1.53 bits per heavy atom. The van der Waals surface area contributed by atoms with Crippen LogP contribution in [0.5, 0.6) is 5.75 Å². The highest BCUT2D eigenvalue weighted by molar-refractivity contribution is 6.31. The first-order chi connectivity index (χ1) is 7.95. The highest BCUT2D eigenvalue weighted by atomic mass is 35.5. The van der Waals surface area contributed by atoms with Crippen molar-refractivity contribution in [3.05, 3.63) is 28.8 Å². The van der Waals surface area contributed by atoms with E-state index < -0.39 is 0 Å². The summed E-state index contributed by atoms with van der Waals surface area (Å²) in [4.78, 5) is 13.7. The van der Waals surface area contributed by atoms with Crippen LogP contribution >= 0.6 is 23.2 Å². The average Bonchev–Trinajstić information content (AvgIpc) is 2.27. The van der Waals surface area contributed by atoms with Gasteiger partial charge in [0, 0.05) is 24.0 Å².